The molecule has 1 aromatic heterocycles. The normalized spacial score (nSPS) is 15.8. The molecule has 1 heterocycles. The Labute approximate surface area is 134 Å². The number of nitrogens with two attached hydrogens (primary N) is 1. The molecule has 112 valence electrons. The van der Waals surface area contributed by atoms with Crippen LogP contribution in [0, 0.1) is 0 Å². The van der Waals surface area contributed by atoms with Crippen LogP contribution in [0.25, 0.3) is 17.0 Å². The van der Waals surface area contributed by atoms with E-state index in [0.717, 1.165) is 34.2 Å². The second-order valence-corrected chi connectivity index (χ2v) is 5.77. The summed E-state index contributed by atoms with van der Waals surface area (Å²) < 4.78 is 0. The average molecular weight is 300 g/mol. The summed E-state index contributed by atoms with van der Waals surface area (Å²) in [5, 5.41) is 0.848. The lowest BCUT2D eigenvalue weighted by molar-refractivity contribution is 0.102. The topological polar surface area (TPSA) is 56.0 Å². The molecule has 0 bridgehead atoms. The highest BCUT2D eigenvalue weighted by Crippen LogP contribution is 2.33. The van der Waals surface area contributed by atoms with Gasteiger partial charge < -0.3 is 5.73 Å². The first-order valence-electron chi connectivity index (χ1n) is 7.71. The predicted octanol–water partition coefficient (Wildman–Crippen LogP) is 4.03. The van der Waals surface area contributed by atoms with E-state index in [1.54, 1.807) is 0 Å². The molecule has 0 aliphatic heterocycles. The van der Waals surface area contributed by atoms with Gasteiger partial charge in [0.15, 0.2) is 5.78 Å². The zero-order valence-electron chi connectivity index (χ0n) is 12.6. The minimum absolute atomic E-state index is 0.00542. The lowest BCUT2D eigenvalue weighted by atomic mass is 9.87. The molecule has 23 heavy (non-hydrogen) atoms. The van der Waals surface area contributed by atoms with Gasteiger partial charge >= 0.3 is 0 Å². The largest absolute Gasteiger partial charge is 0.398 e. The molecular formula is C20H16N2O. The van der Waals surface area contributed by atoms with E-state index in [2.05, 4.69) is 4.98 Å². The maximum Gasteiger partial charge on any atom is 0.192 e. The number of aryl methyl sites for hydroxylation is 1. The lowest BCUT2D eigenvalue weighted by Gasteiger charge is -2.20. The van der Waals surface area contributed by atoms with Crippen LogP contribution >= 0.6 is 0 Å². The summed E-state index contributed by atoms with van der Waals surface area (Å²) in [7, 11) is 0. The zero-order valence-corrected chi connectivity index (χ0v) is 12.6. The standard InChI is InChI=1S/C20H16N2O/c21-19-15-8-4-5-9-16(15)22-17-11-10-14(20(23)18(17)19)12-13-6-2-1-3-7-13/h1-9,12H,10-11H2,(H2,21,22)/b14-12+. The van der Waals surface area contributed by atoms with Crippen molar-refractivity contribution in [2.75, 3.05) is 5.73 Å². The van der Waals surface area contributed by atoms with Crippen LogP contribution < -0.4 is 5.73 Å². The summed E-state index contributed by atoms with van der Waals surface area (Å²) in [5.41, 5.74) is 10.9. The Morgan fingerprint density at radius 3 is 2.52 bits per heavy atom. The number of nitrogens with zero attached hydrogens (tertiary/aromatic N) is 1. The maximum absolute atomic E-state index is 12.9. The molecule has 1 aliphatic rings. The first-order chi connectivity index (χ1) is 11.2. The minimum Gasteiger partial charge on any atom is -0.398 e. The fourth-order valence-corrected chi connectivity index (χ4v) is 3.14. The molecule has 0 saturated carbocycles. The second-order valence-electron chi connectivity index (χ2n) is 5.77. The molecule has 0 amide bonds. The summed E-state index contributed by atoms with van der Waals surface area (Å²) in [5.74, 6) is 0.00542. The number of aromatic nitrogens is 1. The Hall–Kier alpha value is -2.94. The fraction of sp³-hybridized carbons (Fsp3) is 0.100. The van der Waals surface area contributed by atoms with Gasteiger partial charge in [0, 0.05) is 11.0 Å². The van der Waals surface area contributed by atoms with Crippen molar-refractivity contribution in [1.82, 2.24) is 4.98 Å². The average Bonchev–Trinajstić information content (AvgIpc) is 2.58. The molecular weight excluding hydrogens is 284 g/mol. The van der Waals surface area contributed by atoms with Gasteiger partial charge in [-0.2, -0.15) is 0 Å². The summed E-state index contributed by atoms with van der Waals surface area (Å²) in [4.78, 5) is 17.5. The number of allylic oxidation sites excluding steroid dienone is 1. The van der Waals surface area contributed by atoms with Gasteiger partial charge in [-0.15, -0.1) is 0 Å². The van der Waals surface area contributed by atoms with Crippen molar-refractivity contribution in [3.05, 3.63) is 77.0 Å². The Bertz CT molecular complexity index is 943. The molecule has 3 heteroatoms. The number of carbonyl (C=O) groups is 1. The molecule has 4 rings (SSSR count). The number of fused-ring (bicyclic) bond motifs is 2. The van der Waals surface area contributed by atoms with E-state index < -0.39 is 0 Å². The number of pyridine rings is 1. The monoisotopic (exact) mass is 300 g/mol. The highest BCUT2D eigenvalue weighted by Gasteiger charge is 2.26. The van der Waals surface area contributed by atoms with Gasteiger partial charge in [0.25, 0.3) is 0 Å². The van der Waals surface area contributed by atoms with E-state index in [1.165, 1.54) is 0 Å². The number of nitrogen functional groups attached to an aromatic ring is 1. The zero-order chi connectivity index (χ0) is 15.8. The number of carbonyl (C=O) groups excluding carboxylic acids is 1. The van der Waals surface area contributed by atoms with Crippen molar-refractivity contribution in [2.24, 2.45) is 0 Å². The molecule has 0 unspecified atom stereocenters. The van der Waals surface area contributed by atoms with Crippen molar-refractivity contribution in [1.29, 1.82) is 0 Å². The molecule has 0 radical (unpaired) electrons. The molecule has 2 N–H and O–H groups in total. The Balaban J connectivity index is 1.85. The number of hydrogen-bond acceptors (Lipinski definition) is 3. The number of hydrogen-bond donors (Lipinski definition) is 1. The summed E-state index contributed by atoms with van der Waals surface area (Å²) in [6.07, 6.45) is 3.40. The molecule has 0 spiro atoms. The summed E-state index contributed by atoms with van der Waals surface area (Å²) in [6.45, 7) is 0. The Morgan fingerprint density at radius 1 is 0.957 bits per heavy atom. The summed E-state index contributed by atoms with van der Waals surface area (Å²) in [6, 6.07) is 17.6. The van der Waals surface area contributed by atoms with Gasteiger partial charge in [-0.3, -0.25) is 9.78 Å². The maximum atomic E-state index is 12.9. The van der Waals surface area contributed by atoms with Crippen molar-refractivity contribution in [3.8, 4) is 0 Å². The number of ketones is 1. The molecule has 1 aliphatic carbocycles. The molecule has 2 aromatic carbocycles. The molecule has 0 atom stereocenters. The van der Waals surface area contributed by atoms with Crippen molar-refractivity contribution in [2.45, 2.75) is 12.8 Å². The smallest absolute Gasteiger partial charge is 0.192 e. The highest BCUT2D eigenvalue weighted by molar-refractivity contribution is 6.18. The number of para-hydroxylation sites is 1. The highest BCUT2D eigenvalue weighted by atomic mass is 16.1. The van der Waals surface area contributed by atoms with E-state index in [9.17, 15) is 4.79 Å². The van der Waals surface area contributed by atoms with E-state index >= 15 is 0 Å². The van der Waals surface area contributed by atoms with E-state index in [-0.39, 0.29) is 5.78 Å². The van der Waals surface area contributed by atoms with Crippen LogP contribution in [-0.2, 0) is 6.42 Å². The van der Waals surface area contributed by atoms with Gasteiger partial charge in [-0.05, 0) is 30.5 Å². The van der Waals surface area contributed by atoms with Gasteiger partial charge in [-0.25, -0.2) is 0 Å². The third kappa shape index (κ3) is 2.30. The molecule has 3 nitrogen and oxygen atoms in total. The quantitative estimate of drug-likeness (QED) is 0.690. The van der Waals surface area contributed by atoms with E-state index in [1.807, 2.05) is 60.7 Å². The van der Waals surface area contributed by atoms with Crippen LogP contribution in [0.3, 0.4) is 0 Å². The van der Waals surface area contributed by atoms with Crippen LogP contribution in [0.4, 0.5) is 5.69 Å². The van der Waals surface area contributed by atoms with Gasteiger partial charge in [-0.1, -0.05) is 48.5 Å². The number of anilines is 1. The third-order valence-electron chi connectivity index (χ3n) is 4.30. The fourth-order valence-electron chi connectivity index (χ4n) is 3.14. The van der Waals surface area contributed by atoms with Crippen LogP contribution in [0.1, 0.15) is 28.0 Å². The van der Waals surface area contributed by atoms with Gasteiger partial charge in [0.2, 0.25) is 0 Å². The predicted molar refractivity (Wildman–Crippen MR) is 93.2 cm³/mol. The van der Waals surface area contributed by atoms with Crippen molar-refractivity contribution < 1.29 is 4.79 Å². The van der Waals surface area contributed by atoms with Gasteiger partial charge in [0.1, 0.15) is 0 Å². The lowest BCUT2D eigenvalue weighted by Crippen LogP contribution is -2.18. The molecule has 3 aromatic rings. The third-order valence-corrected chi connectivity index (χ3v) is 4.30. The van der Waals surface area contributed by atoms with E-state index in [0.29, 0.717) is 17.7 Å². The number of benzene rings is 2. The first-order valence-corrected chi connectivity index (χ1v) is 7.71. The molecule has 0 fully saturated rings. The van der Waals surface area contributed by atoms with Crippen LogP contribution in [0.5, 0.6) is 0 Å². The Kier molecular flexibility index (Phi) is 3.19. The van der Waals surface area contributed by atoms with E-state index in [4.69, 9.17) is 5.73 Å². The minimum atomic E-state index is 0.00542. The van der Waals surface area contributed by atoms with Crippen molar-refractivity contribution in [3.63, 3.8) is 0 Å². The molecule has 0 saturated heterocycles. The van der Waals surface area contributed by atoms with Crippen LogP contribution in [0.15, 0.2) is 60.2 Å². The van der Waals surface area contributed by atoms with Gasteiger partial charge in [0.05, 0.1) is 22.5 Å². The van der Waals surface area contributed by atoms with Crippen molar-refractivity contribution >= 4 is 28.4 Å². The van der Waals surface area contributed by atoms with Crippen LogP contribution in [-0.4, -0.2) is 10.8 Å². The van der Waals surface area contributed by atoms with Crippen LogP contribution in [0.2, 0.25) is 0 Å². The number of rotatable bonds is 1. The second kappa shape index (κ2) is 5.36. The SMILES string of the molecule is Nc1c2c(nc3ccccc13)CC/C(=C\c1ccccc1)C2=O. The number of Topliss-reactive ketones (excluding diaryl/α,β-unsaturated/α-hetero) is 1. The summed E-state index contributed by atoms with van der Waals surface area (Å²) >= 11 is 0. The first kappa shape index (κ1) is 13.7. The Morgan fingerprint density at radius 2 is 1.70 bits per heavy atom.